The van der Waals surface area contributed by atoms with Gasteiger partial charge in [-0.3, -0.25) is 4.79 Å². The maximum Gasteiger partial charge on any atom is 0.204 e. The van der Waals surface area contributed by atoms with Gasteiger partial charge >= 0.3 is 0 Å². The molecule has 0 unspecified atom stereocenters. The van der Waals surface area contributed by atoms with Gasteiger partial charge in [0.1, 0.15) is 5.01 Å². The van der Waals surface area contributed by atoms with Crippen molar-refractivity contribution in [2.45, 2.75) is 13.8 Å². The third kappa shape index (κ3) is 2.44. The zero-order chi connectivity index (χ0) is 15.7. The Hall–Kier alpha value is -2.05. The molecular formula is C16H14N2O2S2. The highest BCUT2D eigenvalue weighted by molar-refractivity contribution is 7.13. The molecule has 2 aromatic heterocycles. The Kier molecular flexibility index (Phi) is 4.04. The number of aromatic nitrogens is 2. The van der Waals surface area contributed by atoms with Crippen molar-refractivity contribution >= 4 is 28.7 Å². The van der Waals surface area contributed by atoms with Crippen molar-refractivity contribution in [1.82, 2.24) is 9.36 Å². The summed E-state index contributed by atoms with van der Waals surface area (Å²) < 4.78 is 9.26. The molecule has 0 spiro atoms. The molecule has 1 aromatic carbocycles. The molecule has 3 rings (SSSR count). The Morgan fingerprint density at radius 2 is 2.05 bits per heavy atom. The van der Waals surface area contributed by atoms with Crippen molar-refractivity contribution in [3.8, 4) is 15.6 Å². The summed E-state index contributed by atoms with van der Waals surface area (Å²) in [6.07, 6.45) is 3.34. The van der Waals surface area contributed by atoms with E-state index in [1.807, 2.05) is 31.4 Å². The number of benzene rings is 1. The van der Waals surface area contributed by atoms with E-state index >= 15 is 0 Å². The fourth-order valence-electron chi connectivity index (χ4n) is 2.44. The van der Waals surface area contributed by atoms with E-state index in [9.17, 15) is 4.79 Å². The Labute approximate surface area is 136 Å². The predicted octanol–water partition coefficient (Wildman–Crippen LogP) is 4.12. The van der Waals surface area contributed by atoms with Gasteiger partial charge in [0.2, 0.25) is 5.06 Å². The standard InChI is InChI=1S/C16H14N2O2S2/c1-9-4-5-11(10(2)13(9)15-17-6-7-21-15)14(19)12-8-18-22-16(12)20-3/h4-8H,1-3H3. The quantitative estimate of drug-likeness (QED) is 0.675. The van der Waals surface area contributed by atoms with Gasteiger partial charge in [-0.2, -0.15) is 4.37 Å². The Bertz CT molecular complexity index is 823. The van der Waals surface area contributed by atoms with Gasteiger partial charge in [0.05, 0.1) is 18.9 Å². The molecule has 0 atom stereocenters. The lowest BCUT2D eigenvalue weighted by Crippen LogP contribution is -2.06. The number of thiazole rings is 1. The zero-order valence-corrected chi connectivity index (χ0v) is 14.0. The van der Waals surface area contributed by atoms with Crippen LogP contribution in [0.25, 0.3) is 10.6 Å². The molecule has 0 aliphatic carbocycles. The van der Waals surface area contributed by atoms with Crippen molar-refractivity contribution in [3.05, 3.63) is 52.2 Å². The molecule has 0 N–H and O–H groups in total. The molecule has 0 bridgehead atoms. The molecule has 2 heterocycles. The fraction of sp³-hybridized carbons (Fsp3) is 0.188. The van der Waals surface area contributed by atoms with E-state index in [-0.39, 0.29) is 5.78 Å². The lowest BCUT2D eigenvalue weighted by Gasteiger charge is -2.12. The van der Waals surface area contributed by atoms with Gasteiger partial charge < -0.3 is 4.74 Å². The van der Waals surface area contributed by atoms with Crippen molar-refractivity contribution in [2.75, 3.05) is 7.11 Å². The number of aryl methyl sites for hydroxylation is 1. The van der Waals surface area contributed by atoms with Crippen molar-refractivity contribution in [3.63, 3.8) is 0 Å². The zero-order valence-electron chi connectivity index (χ0n) is 12.4. The van der Waals surface area contributed by atoms with Gasteiger partial charge in [0, 0.05) is 34.2 Å². The summed E-state index contributed by atoms with van der Waals surface area (Å²) in [6, 6.07) is 3.82. The van der Waals surface area contributed by atoms with Crippen LogP contribution in [0, 0.1) is 13.8 Å². The molecule has 0 saturated heterocycles. The third-order valence-electron chi connectivity index (χ3n) is 3.53. The lowest BCUT2D eigenvalue weighted by molar-refractivity contribution is 0.103. The monoisotopic (exact) mass is 330 g/mol. The second-order valence-corrected chi connectivity index (χ2v) is 6.49. The normalized spacial score (nSPS) is 10.7. The van der Waals surface area contributed by atoms with Crippen LogP contribution < -0.4 is 4.74 Å². The minimum atomic E-state index is -0.0686. The summed E-state index contributed by atoms with van der Waals surface area (Å²) in [6.45, 7) is 3.99. The van der Waals surface area contributed by atoms with E-state index in [1.54, 1.807) is 30.8 Å². The van der Waals surface area contributed by atoms with E-state index in [0.717, 1.165) is 21.7 Å². The predicted molar refractivity (Wildman–Crippen MR) is 89.1 cm³/mol. The summed E-state index contributed by atoms with van der Waals surface area (Å²) in [5.41, 5.74) is 4.24. The first-order chi connectivity index (χ1) is 10.6. The molecule has 112 valence electrons. The molecule has 6 heteroatoms. The minimum Gasteiger partial charge on any atom is -0.486 e. The number of carbonyl (C=O) groups is 1. The fourth-order valence-corrected chi connectivity index (χ4v) is 3.82. The van der Waals surface area contributed by atoms with Gasteiger partial charge in [-0.15, -0.1) is 11.3 Å². The maximum absolute atomic E-state index is 12.8. The van der Waals surface area contributed by atoms with E-state index < -0.39 is 0 Å². The molecule has 0 saturated carbocycles. The molecule has 0 fully saturated rings. The number of nitrogens with zero attached hydrogens (tertiary/aromatic N) is 2. The van der Waals surface area contributed by atoms with Crippen LogP contribution in [0.5, 0.6) is 5.06 Å². The average molecular weight is 330 g/mol. The highest BCUT2D eigenvalue weighted by atomic mass is 32.1. The highest BCUT2D eigenvalue weighted by Crippen LogP contribution is 2.33. The molecule has 0 aliphatic heterocycles. The molecule has 3 aromatic rings. The second-order valence-electron chi connectivity index (χ2n) is 4.83. The van der Waals surface area contributed by atoms with E-state index in [4.69, 9.17) is 4.74 Å². The number of ketones is 1. The molecule has 4 nitrogen and oxygen atoms in total. The molecule has 22 heavy (non-hydrogen) atoms. The first-order valence-electron chi connectivity index (χ1n) is 6.67. The molecule has 0 aliphatic rings. The third-order valence-corrected chi connectivity index (χ3v) is 5.09. The Balaban J connectivity index is 2.13. The van der Waals surface area contributed by atoms with Crippen LogP contribution >= 0.6 is 22.9 Å². The number of carbonyl (C=O) groups excluding carboxylic acids is 1. The van der Waals surface area contributed by atoms with E-state index in [2.05, 4.69) is 9.36 Å². The van der Waals surface area contributed by atoms with E-state index in [0.29, 0.717) is 16.2 Å². The topological polar surface area (TPSA) is 52.1 Å². The molecule has 0 amide bonds. The van der Waals surface area contributed by atoms with Crippen LogP contribution in [-0.4, -0.2) is 22.3 Å². The van der Waals surface area contributed by atoms with Gasteiger partial charge in [-0.25, -0.2) is 4.98 Å². The van der Waals surface area contributed by atoms with E-state index in [1.165, 1.54) is 11.5 Å². The van der Waals surface area contributed by atoms with Crippen LogP contribution in [0.1, 0.15) is 27.0 Å². The second kappa shape index (κ2) is 5.98. The van der Waals surface area contributed by atoms with Crippen LogP contribution in [0.3, 0.4) is 0 Å². The number of hydrogen-bond donors (Lipinski definition) is 0. The number of rotatable bonds is 4. The molecule has 0 radical (unpaired) electrons. The average Bonchev–Trinajstić information content (AvgIpc) is 3.18. The van der Waals surface area contributed by atoms with Crippen molar-refractivity contribution in [1.29, 1.82) is 0 Å². The van der Waals surface area contributed by atoms with Crippen molar-refractivity contribution in [2.24, 2.45) is 0 Å². The summed E-state index contributed by atoms with van der Waals surface area (Å²) in [5.74, 6) is -0.0686. The van der Waals surface area contributed by atoms with Crippen molar-refractivity contribution < 1.29 is 9.53 Å². The first kappa shape index (κ1) is 14.9. The molecular weight excluding hydrogens is 316 g/mol. The number of hydrogen-bond acceptors (Lipinski definition) is 6. The summed E-state index contributed by atoms with van der Waals surface area (Å²) in [7, 11) is 1.55. The smallest absolute Gasteiger partial charge is 0.204 e. The maximum atomic E-state index is 12.8. The first-order valence-corrected chi connectivity index (χ1v) is 8.32. The van der Waals surface area contributed by atoms with Crippen LogP contribution in [0.4, 0.5) is 0 Å². The van der Waals surface area contributed by atoms with Crippen LogP contribution in [0.2, 0.25) is 0 Å². The van der Waals surface area contributed by atoms with Gasteiger partial charge in [-0.05, 0) is 25.0 Å². The largest absolute Gasteiger partial charge is 0.486 e. The summed E-state index contributed by atoms with van der Waals surface area (Å²) in [5, 5.41) is 3.41. The summed E-state index contributed by atoms with van der Waals surface area (Å²) >= 11 is 2.75. The lowest BCUT2D eigenvalue weighted by atomic mass is 9.94. The highest BCUT2D eigenvalue weighted by Gasteiger charge is 2.21. The van der Waals surface area contributed by atoms with Gasteiger partial charge in [0.25, 0.3) is 0 Å². The van der Waals surface area contributed by atoms with Crippen LogP contribution in [-0.2, 0) is 0 Å². The van der Waals surface area contributed by atoms with Crippen LogP contribution in [0.15, 0.2) is 29.9 Å². The SMILES string of the molecule is COc1sncc1C(=O)c1ccc(C)c(-c2nccs2)c1C. The summed E-state index contributed by atoms with van der Waals surface area (Å²) in [4.78, 5) is 17.2. The van der Waals surface area contributed by atoms with Gasteiger partial charge in [-0.1, -0.05) is 12.1 Å². The number of methoxy groups -OCH3 is 1. The Morgan fingerprint density at radius 1 is 1.23 bits per heavy atom. The number of ether oxygens (including phenoxy) is 1. The van der Waals surface area contributed by atoms with Gasteiger partial charge in [0.15, 0.2) is 5.78 Å². The minimum absolute atomic E-state index is 0.0686. The Morgan fingerprint density at radius 3 is 2.73 bits per heavy atom.